The molecule has 1 rings (SSSR count). The zero-order chi connectivity index (χ0) is 16.2. The van der Waals surface area contributed by atoms with Gasteiger partial charge in [-0.05, 0) is 12.8 Å². The van der Waals surface area contributed by atoms with E-state index in [0.717, 1.165) is 26.1 Å². The van der Waals surface area contributed by atoms with E-state index in [1.807, 2.05) is 13.2 Å². The van der Waals surface area contributed by atoms with E-state index >= 15 is 0 Å². The average Bonchev–Trinajstić information content (AvgIpc) is 2.91. The molecule has 134 valence electrons. The minimum absolute atomic E-state index is 0. The van der Waals surface area contributed by atoms with E-state index < -0.39 is 0 Å². The largest absolute Gasteiger partial charge is 0.457 e. The first-order valence-electron chi connectivity index (χ1n) is 8.61. The number of rotatable bonds is 12. The van der Waals surface area contributed by atoms with Gasteiger partial charge in [0.05, 0.1) is 13.2 Å². The molecule has 0 aromatic carbocycles. The molecule has 0 bridgehead atoms. The van der Waals surface area contributed by atoms with Gasteiger partial charge in [-0.1, -0.05) is 52.0 Å². The Balaban J connectivity index is 0.00000484. The van der Waals surface area contributed by atoms with Crippen LogP contribution in [0.2, 0.25) is 0 Å². The van der Waals surface area contributed by atoms with Gasteiger partial charge in [-0.25, -0.2) is 4.79 Å². The summed E-state index contributed by atoms with van der Waals surface area (Å²) in [7, 11) is 2.04. The van der Waals surface area contributed by atoms with Gasteiger partial charge < -0.3 is 14.5 Å². The monoisotopic (exact) mass is 388 g/mol. The van der Waals surface area contributed by atoms with Crippen molar-refractivity contribution in [1.29, 1.82) is 0 Å². The van der Waals surface area contributed by atoms with Crippen molar-refractivity contribution in [3.05, 3.63) is 25.1 Å². The summed E-state index contributed by atoms with van der Waals surface area (Å²) in [4.78, 5) is 15.8. The molecule has 5 heteroatoms. The molecule has 0 amide bonds. The molecule has 1 unspecified atom stereocenters. The van der Waals surface area contributed by atoms with E-state index in [2.05, 4.69) is 29.5 Å². The first-order valence-corrected chi connectivity index (χ1v) is 8.61. The van der Waals surface area contributed by atoms with Crippen molar-refractivity contribution in [3.63, 3.8) is 0 Å². The highest BCUT2D eigenvalue weighted by Crippen LogP contribution is 2.14. The molecule has 23 heavy (non-hydrogen) atoms. The van der Waals surface area contributed by atoms with Crippen LogP contribution >= 0.6 is 17.0 Å². The topological polar surface area (TPSA) is 32.8 Å². The summed E-state index contributed by atoms with van der Waals surface area (Å²) < 4.78 is 5.49. The summed E-state index contributed by atoms with van der Waals surface area (Å²) in [5.41, 5.74) is 0. The molecule has 0 saturated heterocycles. The van der Waals surface area contributed by atoms with Crippen LogP contribution in [-0.2, 0) is 9.53 Å². The molecule has 1 heterocycles. The van der Waals surface area contributed by atoms with Gasteiger partial charge in [-0.15, -0.1) is 17.0 Å². The lowest BCUT2D eigenvalue weighted by Gasteiger charge is -2.24. The minimum atomic E-state index is -0.315. The smallest absolute Gasteiger partial charge is 0.330 e. The van der Waals surface area contributed by atoms with Gasteiger partial charge in [-0.2, -0.15) is 0 Å². The molecule has 0 N–H and O–H groups in total. The average molecular weight is 389 g/mol. The Kier molecular flexibility index (Phi) is 12.9. The number of carbonyl (C=O) groups excluding carboxylic acids is 1. The van der Waals surface area contributed by atoms with Gasteiger partial charge in [0.25, 0.3) is 0 Å². The Morgan fingerprint density at radius 2 is 1.87 bits per heavy atom. The summed E-state index contributed by atoms with van der Waals surface area (Å²) >= 11 is 0. The van der Waals surface area contributed by atoms with Gasteiger partial charge in [0.1, 0.15) is 6.10 Å². The highest BCUT2D eigenvalue weighted by Gasteiger charge is 2.18. The predicted octanol–water partition coefficient (Wildman–Crippen LogP) is 4.48. The first kappa shape index (κ1) is 22.0. The molecule has 0 aliphatic carbocycles. The van der Waals surface area contributed by atoms with Crippen LogP contribution in [0.25, 0.3) is 0 Å². The van der Waals surface area contributed by atoms with E-state index in [1.165, 1.54) is 44.6 Å². The molecule has 0 aromatic heterocycles. The van der Waals surface area contributed by atoms with E-state index in [9.17, 15) is 4.79 Å². The predicted molar refractivity (Wildman–Crippen MR) is 101 cm³/mol. The summed E-state index contributed by atoms with van der Waals surface area (Å²) in [5.74, 6) is -0.315. The number of halogens is 1. The lowest BCUT2D eigenvalue weighted by Crippen LogP contribution is -2.33. The molecule has 1 atom stereocenters. The summed E-state index contributed by atoms with van der Waals surface area (Å²) in [6.07, 6.45) is 15.2. The van der Waals surface area contributed by atoms with Crippen LogP contribution in [-0.4, -0.2) is 42.1 Å². The lowest BCUT2D eigenvalue weighted by molar-refractivity contribution is -0.144. The fourth-order valence-corrected chi connectivity index (χ4v) is 2.70. The van der Waals surface area contributed by atoms with Crippen molar-refractivity contribution in [2.45, 2.75) is 64.4 Å². The number of hydrogen-bond donors (Lipinski definition) is 0. The van der Waals surface area contributed by atoms with Crippen molar-refractivity contribution in [1.82, 2.24) is 9.80 Å². The van der Waals surface area contributed by atoms with Gasteiger partial charge in [-0.3, -0.25) is 0 Å². The number of nitrogens with zero attached hydrogens (tertiary/aromatic N) is 2. The van der Waals surface area contributed by atoms with Gasteiger partial charge in [0.15, 0.2) is 0 Å². The van der Waals surface area contributed by atoms with E-state index in [4.69, 9.17) is 4.74 Å². The Hall–Kier alpha value is -0.970. The molecule has 0 fully saturated rings. The zero-order valence-corrected chi connectivity index (χ0v) is 16.4. The summed E-state index contributed by atoms with van der Waals surface area (Å²) in [6, 6.07) is 0. The summed E-state index contributed by atoms with van der Waals surface area (Å²) in [6.45, 7) is 7.34. The third kappa shape index (κ3) is 10.4. The fraction of sp³-hybridized carbons (Fsp3) is 0.722. The second-order valence-corrected chi connectivity index (χ2v) is 6.14. The van der Waals surface area contributed by atoms with E-state index in [1.54, 1.807) is 0 Å². The normalized spacial score (nSPS) is 14.5. The highest BCUT2D eigenvalue weighted by molar-refractivity contribution is 8.93. The Morgan fingerprint density at radius 3 is 2.43 bits per heavy atom. The maximum Gasteiger partial charge on any atom is 0.330 e. The SMILES string of the molecule is Br.C=CC(=O)OC(CCCCCCCCC)CN1C=CN(C)C1. The van der Waals surface area contributed by atoms with Crippen molar-refractivity contribution >= 4 is 23.0 Å². The molecule has 0 aromatic rings. The number of unbranched alkanes of at least 4 members (excludes halogenated alkanes) is 6. The number of ether oxygens (including phenoxy) is 1. The number of hydrogen-bond acceptors (Lipinski definition) is 4. The van der Waals surface area contributed by atoms with Crippen LogP contribution in [0.3, 0.4) is 0 Å². The van der Waals surface area contributed by atoms with Gasteiger partial charge >= 0.3 is 5.97 Å². The maximum atomic E-state index is 11.5. The van der Waals surface area contributed by atoms with Crippen LogP contribution in [0.4, 0.5) is 0 Å². The maximum absolute atomic E-state index is 11.5. The van der Waals surface area contributed by atoms with Crippen LogP contribution in [0, 0.1) is 0 Å². The highest BCUT2D eigenvalue weighted by atomic mass is 79.9. The lowest BCUT2D eigenvalue weighted by atomic mass is 10.1. The van der Waals surface area contributed by atoms with Gasteiger partial charge in [0.2, 0.25) is 0 Å². The Bertz CT molecular complexity index is 361. The number of carbonyl (C=O) groups is 1. The third-order valence-electron chi connectivity index (χ3n) is 3.95. The van der Waals surface area contributed by atoms with E-state index in [-0.39, 0.29) is 29.1 Å². The first-order chi connectivity index (χ1) is 10.7. The Labute approximate surface area is 152 Å². The Morgan fingerprint density at radius 1 is 1.22 bits per heavy atom. The van der Waals surface area contributed by atoms with Crippen molar-refractivity contribution in [2.75, 3.05) is 20.3 Å². The standard InChI is InChI=1S/C18H32N2O2.BrH/c1-4-6-7-8-9-10-11-12-17(22-18(21)5-2)15-20-14-13-19(3)16-20;/h5,13-14,17H,2,4,6-12,15-16H2,1,3H3;1H. The summed E-state index contributed by atoms with van der Waals surface area (Å²) in [5, 5.41) is 0. The van der Waals surface area contributed by atoms with Crippen LogP contribution < -0.4 is 0 Å². The quantitative estimate of drug-likeness (QED) is 0.280. The third-order valence-corrected chi connectivity index (χ3v) is 3.95. The van der Waals surface area contributed by atoms with Crippen LogP contribution in [0.1, 0.15) is 58.3 Å². The fourth-order valence-electron chi connectivity index (χ4n) is 2.70. The minimum Gasteiger partial charge on any atom is -0.457 e. The second-order valence-electron chi connectivity index (χ2n) is 6.14. The molecule has 4 nitrogen and oxygen atoms in total. The molecule has 1 aliphatic rings. The second kappa shape index (κ2) is 13.5. The zero-order valence-electron chi connectivity index (χ0n) is 14.7. The molecule has 1 aliphatic heterocycles. The van der Waals surface area contributed by atoms with Crippen molar-refractivity contribution in [2.24, 2.45) is 0 Å². The van der Waals surface area contributed by atoms with Crippen molar-refractivity contribution in [3.8, 4) is 0 Å². The van der Waals surface area contributed by atoms with Crippen molar-refractivity contribution < 1.29 is 9.53 Å². The molecule has 0 saturated carbocycles. The van der Waals surface area contributed by atoms with Crippen LogP contribution in [0.15, 0.2) is 25.1 Å². The van der Waals surface area contributed by atoms with E-state index in [0.29, 0.717) is 0 Å². The molecule has 0 radical (unpaired) electrons. The van der Waals surface area contributed by atoms with Gasteiger partial charge in [0, 0.05) is 25.5 Å². The van der Waals surface area contributed by atoms with Crippen LogP contribution in [0.5, 0.6) is 0 Å². The molecular weight excluding hydrogens is 356 g/mol. The molecule has 0 spiro atoms. The molecular formula is C18H33BrN2O2. The number of esters is 1.